The van der Waals surface area contributed by atoms with E-state index < -0.39 is 0 Å². The monoisotopic (exact) mass is 245 g/mol. The van der Waals surface area contributed by atoms with Crippen LogP contribution < -0.4 is 0 Å². The molecule has 0 aromatic heterocycles. The minimum atomic E-state index is 0.747. The van der Waals surface area contributed by atoms with Gasteiger partial charge in [-0.25, -0.2) is 0 Å². The number of hydrogen-bond acceptors (Lipinski definition) is 1. The number of carbonyl (C=O) groups excluding carboxylic acids is 1. The molecule has 1 aromatic carbocycles. The first-order chi connectivity index (χ1) is 8.88. The standard InChI is InChI=1S/C16H23NO/c18-14-17(13-16-9-5-2-6-10-16)12-11-15-7-3-1-4-8-15/h2,5-6,9-10,14-15H,1,3-4,7-8,11-13H2. The maximum atomic E-state index is 11.1. The second kappa shape index (κ2) is 7.20. The van der Waals surface area contributed by atoms with E-state index in [-0.39, 0.29) is 0 Å². The van der Waals surface area contributed by atoms with Gasteiger partial charge in [-0.1, -0.05) is 62.4 Å². The van der Waals surface area contributed by atoms with E-state index >= 15 is 0 Å². The molecule has 2 rings (SSSR count). The lowest BCUT2D eigenvalue weighted by atomic mass is 9.87. The van der Waals surface area contributed by atoms with Crippen LogP contribution in [0.2, 0.25) is 0 Å². The van der Waals surface area contributed by atoms with Gasteiger partial charge in [0.25, 0.3) is 0 Å². The van der Waals surface area contributed by atoms with E-state index in [0.717, 1.165) is 25.4 Å². The van der Waals surface area contributed by atoms with E-state index in [1.54, 1.807) is 0 Å². The molecule has 0 unspecified atom stereocenters. The Hall–Kier alpha value is -1.31. The molecular formula is C16H23NO. The van der Waals surface area contributed by atoms with Gasteiger partial charge in [0.1, 0.15) is 0 Å². The third-order valence-electron chi connectivity index (χ3n) is 3.93. The van der Waals surface area contributed by atoms with Gasteiger partial charge < -0.3 is 4.90 Å². The predicted octanol–water partition coefficient (Wildman–Crippen LogP) is 3.62. The minimum Gasteiger partial charge on any atom is -0.341 e. The molecule has 0 bridgehead atoms. The summed E-state index contributed by atoms with van der Waals surface area (Å²) in [6, 6.07) is 10.2. The highest BCUT2D eigenvalue weighted by Crippen LogP contribution is 2.26. The molecule has 0 radical (unpaired) electrons. The molecule has 1 fully saturated rings. The molecule has 0 aliphatic heterocycles. The first kappa shape index (κ1) is 13.1. The Morgan fingerprint density at radius 3 is 2.50 bits per heavy atom. The normalized spacial score (nSPS) is 16.4. The zero-order chi connectivity index (χ0) is 12.6. The maximum absolute atomic E-state index is 11.1. The summed E-state index contributed by atoms with van der Waals surface area (Å²) in [5, 5.41) is 0. The van der Waals surface area contributed by atoms with Crippen LogP contribution >= 0.6 is 0 Å². The molecule has 0 atom stereocenters. The van der Waals surface area contributed by atoms with Gasteiger partial charge in [-0.2, -0.15) is 0 Å². The molecule has 18 heavy (non-hydrogen) atoms. The average Bonchev–Trinajstić information content (AvgIpc) is 2.45. The lowest BCUT2D eigenvalue weighted by molar-refractivity contribution is -0.118. The molecule has 1 aromatic rings. The molecular weight excluding hydrogens is 222 g/mol. The van der Waals surface area contributed by atoms with Crippen molar-refractivity contribution in [3.8, 4) is 0 Å². The highest BCUT2D eigenvalue weighted by atomic mass is 16.1. The van der Waals surface area contributed by atoms with Crippen molar-refractivity contribution in [1.82, 2.24) is 4.90 Å². The van der Waals surface area contributed by atoms with Crippen molar-refractivity contribution in [2.45, 2.75) is 45.1 Å². The molecule has 98 valence electrons. The van der Waals surface area contributed by atoms with Crippen molar-refractivity contribution >= 4 is 6.41 Å². The first-order valence-corrected chi connectivity index (χ1v) is 7.12. The van der Waals surface area contributed by atoms with Crippen LogP contribution in [0, 0.1) is 5.92 Å². The number of amides is 1. The number of hydrogen-bond donors (Lipinski definition) is 0. The van der Waals surface area contributed by atoms with E-state index in [1.807, 2.05) is 23.1 Å². The minimum absolute atomic E-state index is 0.747. The van der Waals surface area contributed by atoms with Crippen LogP contribution in [0.3, 0.4) is 0 Å². The Kier molecular flexibility index (Phi) is 5.25. The van der Waals surface area contributed by atoms with Gasteiger partial charge in [-0.3, -0.25) is 4.79 Å². The molecule has 0 saturated heterocycles. The average molecular weight is 245 g/mol. The number of carbonyl (C=O) groups is 1. The van der Waals surface area contributed by atoms with E-state index in [9.17, 15) is 4.79 Å². The highest BCUT2D eigenvalue weighted by Gasteiger charge is 2.14. The van der Waals surface area contributed by atoms with Crippen molar-refractivity contribution < 1.29 is 4.79 Å². The van der Waals surface area contributed by atoms with E-state index in [1.165, 1.54) is 44.1 Å². The van der Waals surface area contributed by atoms with Gasteiger partial charge in [0.05, 0.1) is 0 Å². The van der Waals surface area contributed by atoms with Gasteiger partial charge >= 0.3 is 0 Å². The largest absolute Gasteiger partial charge is 0.341 e. The van der Waals surface area contributed by atoms with E-state index in [0.29, 0.717) is 0 Å². The summed E-state index contributed by atoms with van der Waals surface area (Å²) < 4.78 is 0. The lowest BCUT2D eigenvalue weighted by Crippen LogP contribution is -2.25. The van der Waals surface area contributed by atoms with Crippen molar-refractivity contribution in [1.29, 1.82) is 0 Å². The summed E-state index contributed by atoms with van der Waals surface area (Å²) in [6.45, 7) is 1.65. The van der Waals surface area contributed by atoms with Gasteiger partial charge in [0.15, 0.2) is 0 Å². The summed E-state index contributed by atoms with van der Waals surface area (Å²) >= 11 is 0. The lowest BCUT2D eigenvalue weighted by Gasteiger charge is -2.24. The fourth-order valence-corrected chi connectivity index (χ4v) is 2.81. The van der Waals surface area contributed by atoms with Crippen LogP contribution in [-0.2, 0) is 11.3 Å². The quantitative estimate of drug-likeness (QED) is 0.701. The number of rotatable bonds is 6. The molecule has 2 nitrogen and oxygen atoms in total. The molecule has 1 amide bonds. The van der Waals surface area contributed by atoms with Crippen LogP contribution in [0.4, 0.5) is 0 Å². The summed E-state index contributed by atoms with van der Waals surface area (Å²) in [6.07, 6.45) is 9.05. The highest BCUT2D eigenvalue weighted by molar-refractivity contribution is 5.47. The van der Waals surface area contributed by atoms with Crippen LogP contribution in [0.25, 0.3) is 0 Å². The Morgan fingerprint density at radius 2 is 1.83 bits per heavy atom. The number of benzene rings is 1. The molecule has 0 N–H and O–H groups in total. The Bertz CT molecular complexity index is 343. The summed E-state index contributed by atoms with van der Waals surface area (Å²) in [4.78, 5) is 13.0. The predicted molar refractivity (Wildman–Crippen MR) is 74.1 cm³/mol. The Labute approximate surface area is 110 Å². The molecule has 1 aliphatic rings. The first-order valence-electron chi connectivity index (χ1n) is 7.12. The number of nitrogens with zero attached hydrogens (tertiary/aromatic N) is 1. The molecule has 1 saturated carbocycles. The zero-order valence-corrected chi connectivity index (χ0v) is 11.1. The van der Waals surface area contributed by atoms with Gasteiger partial charge in [0, 0.05) is 13.1 Å². The summed E-state index contributed by atoms with van der Waals surface area (Å²) in [5.74, 6) is 0.844. The molecule has 1 aliphatic carbocycles. The summed E-state index contributed by atoms with van der Waals surface area (Å²) in [5.41, 5.74) is 1.22. The van der Waals surface area contributed by atoms with Gasteiger partial charge in [0.2, 0.25) is 6.41 Å². The smallest absolute Gasteiger partial charge is 0.210 e. The van der Waals surface area contributed by atoms with Gasteiger partial charge in [-0.15, -0.1) is 0 Å². The Morgan fingerprint density at radius 1 is 1.11 bits per heavy atom. The van der Waals surface area contributed by atoms with Crippen molar-refractivity contribution in [3.05, 3.63) is 35.9 Å². The molecule has 2 heteroatoms. The van der Waals surface area contributed by atoms with Crippen LogP contribution in [0.15, 0.2) is 30.3 Å². The van der Waals surface area contributed by atoms with Crippen molar-refractivity contribution in [3.63, 3.8) is 0 Å². The van der Waals surface area contributed by atoms with Crippen LogP contribution in [0.5, 0.6) is 0 Å². The fraction of sp³-hybridized carbons (Fsp3) is 0.562. The van der Waals surface area contributed by atoms with Crippen molar-refractivity contribution in [2.75, 3.05) is 6.54 Å². The van der Waals surface area contributed by atoms with E-state index in [4.69, 9.17) is 0 Å². The molecule has 0 heterocycles. The SMILES string of the molecule is O=CN(CCC1CCCCC1)Cc1ccccc1. The molecule has 0 spiro atoms. The van der Waals surface area contributed by atoms with Crippen LogP contribution in [-0.4, -0.2) is 17.9 Å². The fourth-order valence-electron chi connectivity index (χ4n) is 2.81. The third-order valence-corrected chi connectivity index (χ3v) is 3.93. The third kappa shape index (κ3) is 4.17. The van der Waals surface area contributed by atoms with Crippen molar-refractivity contribution in [2.24, 2.45) is 5.92 Å². The van der Waals surface area contributed by atoms with Crippen LogP contribution in [0.1, 0.15) is 44.1 Å². The van der Waals surface area contributed by atoms with Gasteiger partial charge in [-0.05, 0) is 17.9 Å². The topological polar surface area (TPSA) is 20.3 Å². The zero-order valence-electron chi connectivity index (χ0n) is 11.1. The van der Waals surface area contributed by atoms with E-state index in [2.05, 4.69) is 12.1 Å². The second-order valence-electron chi connectivity index (χ2n) is 5.35. The maximum Gasteiger partial charge on any atom is 0.210 e. The Balaban J connectivity index is 1.76. The summed E-state index contributed by atoms with van der Waals surface area (Å²) in [7, 11) is 0. The second-order valence-corrected chi connectivity index (χ2v) is 5.35.